The van der Waals surface area contributed by atoms with Gasteiger partial charge in [0.15, 0.2) is 17.6 Å². The maximum atomic E-state index is 12.2. The number of rotatable bonds is 4. The van der Waals surface area contributed by atoms with E-state index in [2.05, 4.69) is 5.32 Å². The minimum absolute atomic E-state index is 0.0438. The van der Waals surface area contributed by atoms with Crippen LogP contribution in [0.4, 0.5) is 5.69 Å². The third-order valence-electron chi connectivity index (χ3n) is 3.75. The van der Waals surface area contributed by atoms with Gasteiger partial charge in [-0.25, -0.2) is 4.79 Å². The zero-order chi connectivity index (χ0) is 17.8. The molecule has 25 heavy (non-hydrogen) atoms. The van der Waals surface area contributed by atoms with Gasteiger partial charge in [-0.15, -0.1) is 0 Å². The number of esters is 1. The van der Waals surface area contributed by atoms with Crippen molar-refractivity contribution < 1.29 is 23.8 Å². The van der Waals surface area contributed by atoms with Crippen LogP contribution in [0.25, 0.3) is 0 Å². The largest absolute Gasteiger partial charge is 0.485 e. The van der Waals surface area contributed by atoms with E-state index >= 15 is 0 Å². The highest BCUT2D eigenvalue weighted by atomic mass is 16.6. The Hall–Kier alpha value is -3.02. The summed E-state index contributed by atoms with van der Waals surface area (Å²) in [5.74, 6) is 0.0135. The van der Waals surface area contributed by atoms with Gasteiger partial charge in [0.25, 0.3) is 5.91 Å². The summed E-state index contributed by atoms with van der Waals surface area (Å²) in [4.78, 5) is 24.4. The summed E-state index contributed by atoms with van der Waals surface area (Å²) in [6.45, 7) is 3.52. The fraction of sp³-hybridized carbons (Fsp3) is 0.263. The molecule has 2 aromatic carbocycles. The summed E-state index contributed by atoms with van der Waals surface area (Å²) in [5, 5.41) is 2.70. The SMILES string of the molecule is Cc1ccc(NC(=O)[C@@H](C)OC(=O)[C@@H]2COc3ccccc3O2)cc1. The number of aryl methyl sites for hydroxylation is 1. The summed E-state index contributed by atoms with van der Waals surface area (Å²) in [7, 11) is 0. The topological polar surface area (TPSA) is 73.9 Å². The number of anilines is 1. The first-order valence-electron chi connectivity index (χ1n) is 7.99. The molecule has 0 spiro atoms. The summed E-state index contributed by atoms with van der Waals surface area (Å²) >= 11 is 0. The molecule has 2 aromatic rings. The van der Waals surface area contributed by atoms with Crippen molar-refractivity contribution in [1.29, 1.82) is 0 Å². The van der Waals surface area contributed by atoms with Crippen LogP contribution in [0, 0.1) is 6.92 Å². The van der Waals surface area contributed by atoms with E-state index in [-0.39, 0.29) is 6.61 Å². The van der Waals surface area contributed by atoms with Crippen molar-refractivity contribution >= 4 is 17.6 Å². The molecule has 130 valence electrons. The molecule has 0 aliphatic carbocycles. The Kier molecular flexibility index (Phi) is 4.88. The summed E-state index contributed by atoms with van der Waals surface area (Å²) in [6, 6.07) is 14.4. The highest BCUT2D eigenvalue weighted by molar-refractivity contribution is 5.95. The van der Waals surface area contributed by atoms with Crippen LogP contribution in [0.1, 0.15) is 12.5 Å². The van der Waals surface area contributed by atoms with E-state index in [9.17, 15) is 9.59 Å². The van der Waals surface area contributed by atoms with Gasteiger partial charge in [0.2, 0.25) is 6.10 Å². The van der Waals surface area contributed by atoms with Crippen molar-refractivity contribution in [2.24, 2.45) is 0 Å². The number of carbonyl (C=O) groups is 2. The van der Waals surface area contributed by atoms with Crippen LogP contribution >= 0.6 is 0 Å². The number of benzene rings is 2. The van der Waals surface area contributed by atoms with E-state index in [4.69, 9.17) is 14.2 Å². The molecule has 0 bridgehead atoms. The summed E-state index contributed by atoms with van der Waals surface area (Å²) in [6.07, 6.45) is -1.85. The van der Waals surface area contributed by atoms with Crippen LogP contribution in [-0.2, 0) is 14.3 Å². The molecular formula is C19H19NO5. The fourth-order valence-electron chi connectivity index (χ4n) is 2.32. The van der Waals surface area contributed by atoms with Crippen molar-refractivity contribution in [2.45, 2.75) is 26.1 Å². The van der Waals surface area contributed by atoms with Gasteiger partial charge in [-0.05, 0) is 38.1 Å². The number of hydrogen-bond acceptors (Lipinski definition) is 5. The van der Waals surface area contributed by atoms with E-state index in [1.54, 1.807) is 30.3 Å². The second kappa shape index (κ2) is 7.25. The molecule has 3 rings (SSSR count). The van der Waals surface area contributed by atoms with E-state index in [1.165, 1.54) is 6.92 Å². The van der Waals surface area contributed by atoms with Crippen LogP contribution in [0.15, 0.2) is 48.5 Å². The van der Waals surface area contributed by atoms with Gasteiger partial charge in [-0.1, -0.05) is 29.8 Å². The van der Waals surface area contributed by atoms with Crippen LogP contribution in [-0.4, -0.2) is 30.7 Å². The van der Waals surface area contributed by atoms with Crippen molar-refractivity contribution in [1.82, 2.24) is 0 Å². The molecule has 2 atom stereocenters. The molecule has 6 nitrogen and oxygen atoms in total. The van der Waals surface area contributed by atoms with Gasteiger partial charge in [-0.3, -0.25) is 4.79 Å². The van der Waals surface area contributed by atoms with Gasteiger partial charge in [0, 0.05) is 5.69 Å². The van der Waals surface area contributed by atoms with Gasteiger partial charge in [0.1, 0.15) is 6.61 Å². The Labute approximate surface area is 145 Å². The van der Waals surface area contributed by atoms with E-state index in [1.807, 2.05) is 25.1 Å². The van der Waals surface area contributed by atoms with Gasteiger partial charge < -0.3 is 19.5 Å². The first kappa shape index (κ1) is 16.8. The predicted octanol–water partition coefficient (Wildman–Crippen LogP) is 2.71. The maximum absolute atomic E-state index is 12.2. The lowest BCUT2D eigenvalue weighted by atomic mass is 10.2. The molecule has 0 unspecified atom stereocenters. The Bertz CT molecular complexity index is 772. The van der Waals surface area contributed by atoms with Crippen molar-refractivity contribution in [3.05, 3.63) is 54.1 Å². The van der Waals surface area contributed by atoms with Crippen LogP contribution in [0.3, 0.4) is 0 Å². The molecule has 1 heterocycles. The molecule has 1 N–H and O–H groups in total. The van der Waals surface area contributed by atoms with E-state index < -0.39 is 24.1 Å². The number of para-hydroxylation sites is 2. The van der Waals surface area contributed by atoms with Gasteiger partial charge in [0.05, 0.1) is 0 Å². The molecule has 0 radical (unpaired) electrons. The predicted molar refractivity (Wildman–Crippen MR) is 91.7 cm³/mol. The fourth-order valence-corrected chi connectivity index (χ4v) is 2.32. The molecule has 6 heteroatoms. The lowest BCUT2D eigenvalue weighted by Crippen LogP contribution is -2.41. The molecule has 0 saturated heterocycles. The molecule has 0 aromatic heterocycles. The highest BCUT2D eigenvalue weighted by Gasteiger charge is 2.31. The smallest absolute Gasteiger partial charge is 0.351 e. The highest BCUT2D eigenvalue weighted by Crippen LogP contribution is 2.31. The van der Waals surface area contributed by atoms with E-state index in [0.29, 0.717) is 17.2 Å². The summed E-state index contributed by atoms with van der Waals surface area (Å²) < 4.78 is 16.3. The molecule has 1 aliphatic rings. The monoisotopic (exact) mass is 341 g/mol. The lowest BCUT2D eigenvalue weighted by molar-refractivity contribution is -0.162. The Morgan fingerprint density at radius 2 is 1.80 bits per heavy atom. The quantitative estimate of drug-likeness (QED) is 0.866. The van der Waals surface area contributed by atoms with Crippen molar-refractivity contribution in [2.75, 3.05) is 11.9 Å². The molecule has 0 saturated carbocycles. The number of fused-ring (bicyclic) bond motifs is 1. The minimum Gasteiger partial charge on any atom is -0.485 e. The average Bonchev–Trinajstić information content (AvgIpc) is 2.63. The standard InChI is InChI=1S/C19H19NO5/c1-12-7-9-14(10-8-12)20-18(21)13(2)24-19(22)17-11-23-15-5-3-4-6-16(15)25-17/h3-10,13,17H,11H2,1-2H3,(H,20,21)/t13-,17+/m1/s1. The number of nitrogens with one attached hydrogen (secondary N) is 1. The van der Waals surface area contributed by atoms with Crippen molar-refractivity contribution in [3.8, 4) is 11.5 Å². The number of ether oxygens (including phenoxy) is 3. The Balaban J connectivity index is 1.55. The first-order chi connectivity index (χ1) is 12.0. The third-order valence-corrected chi connectivity index (χ3v) is 3.75. The van der Waals surface area contributed by atoms with Gasteiger partial charge >= 0.3 is 5.97 Å². The van der Waals surface area contributed by atoms with E-state index in [0.717, 1.165) is 5.56 Å². The number of amides is 1. The first-order valence-corrected chi connectivity index (χ1v) is 7.99. The second-order valence-corrected chi connectivity index (χ2v) is 5.80. The summed E-state index contributed by atoms with van der Waals surface area (Å²) in [5.41, 5.74) is 1.73. The molecule has 1 aliphatic heterocycles. The van der Waals surface area contributed by atoms with Gasteiger partial charge in [-0.2, -0.15) is 0 Å². The zero-order valence-corrected chi connectivity index (χ0v) is 14.0. The Morgan fingerprint density at radius 1 is 1.12 bits per heavy atom. The normalized spacial score (nSPS) is 16.6. The zero-order valence-electron chi connectivity index (χ0n) is 14.0. The van der Waals surface area contributed by atoms with Crippen LogP contribution < -0.4 is 14.8 Å². The van der Waals surface area contributed by atoms with Crippen LogP contribution in [0.5, 0.6) is 11.5 Å². The minimum atomic E-state index is -0.949. The number of carbonyl (C=O) groups excluding carboxylic acids is 2. The lowest BCUT2D eigenvalue weighted by Gasteiger charge is -2.25. The Morgan fingerprint density at radius 3 is 2.52 bits per heavy atom. The molecule has 0 fully saturated rings. The number of hydrogen-bond donors (Lipinski definition) is 1. The van der Waals surface area contributed by atoms with Crippen LogP contribution in [0.2, 0.25) is 0 Å². The molecule has 1 amide bonds. The van der Waals surface area contributed by atoms with Crippen molar-refractivity contribution in [3.63, 3.8) is 0 Å². The third kappa shape index (κ3) is 4.09. The maximum Gasteiger partial charge on any atom is 0.351 e. The average molecular weight is 341 g/mol. The molecular weight excluding hydrogens is 322 g/mol. The second-order valence-electron chi connectivity index (χ2n) is 5.80.